The zero-order valence-electron chi connectivity index (χ0n) is 13.9. The third-order valence-electron chi connectivity index (χ3n) is 3.89. The van der Waals surface area contributed by atoms with Crippen LogP contribution >= 0.6 is 23.2 Å². The number of H-pyrrole nitrogens is 1. The van der Waals surface area contributed by atoms with Crippen LogP contribution in [0.4, 0.5) is 0 Å². The Bertz CT molecular complexity index is 935. The minimum atomic E-state index is -0.589. The Labute approximate surface area is 160 Å². The van der Waals surface area contributed by atoms with Gasteiger partial charge in [0, 0.05) is 20.9 Å². The first kappa shape index (κ1) is 18.3. The molecule has 1 heterocycles. The predicted octanol–water partition coefficient (Wildman–Crippen LogP) is 4.51. The number of hydrogen-bond acceptors (Lipinski definition) is 3. The number of esters is 1. The SMILES string of the molecule is CC(NC(=O)COC(=O)c1cc2ccccc2[nH]1)c1ccc(Cl)cc1Cl. The molecule has 0 aliphatic rings. The fraction of sp³-hybridized carbons (Fsp3) is 0.158. The van der Waals surface area contributed by atoms with Crippen molar-refractivity contribution in [2.24, 2.45) is 0 Å². The summed E-state index contributed by atoms with van der Waals surface area (Å²) in [5.41, 5.74) is 1.86. The van der Waals surface area contributed by atoms with Crippen molar-refractivity contribution >= 4 is 46.0 Å². The quantitative estimate of drug-likeness (QED) is 0.629. The number of aromatic nitrogens is 1. The van der Waals surface area contributed by atoms with Gasteiger partial charge >= 0.3 is 5.97 Å². The van der Waals surface area contributed by atoms with E-state index in [1.165, 1.54) is 0 Å². The minimum Gasteiger partial charge on any atom is -0.451 e. The molecule has 26 heavy (non-hydrogen) atoms. The van der Waals surface area contributed by atoms with Gasteiger partial charge in [-0.1, -0.05) is 47.5 Å². The Morgan fingerprint density at radius 3 is 2.65 bits per heavy atom. The fourth-order valence-corrected chi connectivity index (χ4v) is 3.18. The number of hydrogen-bond donors (Lipinski definition) is 2. The summed E-state index contributed by atoms with van der Waals surface area (Å²) in [4.78, 5) is 27.1. The van der Waals surface area contributed by atoms with Gasteiger partial charge in [-0.25, -0.2) is 4.79 Å². The lowest BCUT2D eigenvalue weighted by Gasteiger charge is -2.16. The second-order valence-corrected chi connectivity index (χ2v) is 6.65. The van der Waals surface area contributed by atoms with Gasteiger partial charge in [0.15, 0.2) is 6.61 Å². The normalized spacial score (nSPS) is 12.0. The van der Waals surface area contributed by atoms with Crippen molar-refractivity contribution in [3.05, 3.63) is 69.8 Å². The molecule has 1 atom stereocenters. The van der Waals surface area contributed by atoms with E-state index < -0.39 is 11.9 Å². The maximum Gasteiger partial charge on any atom is 0.355 e. The summed E-state index contributed by atoms with van der Waals surface area (Å²) in [5, 5.41) is 4.61. The summed E-state index contributed by atoms with van der Waals surface area (Å²) >= 11 is 12.0. The maximum atomic E-state index is 12.1. The first-order valence-electron chi connectivity index (χ1n) is 7.93. The van der Waals surface area contributed by atoms with Gasteiger partial charge in [0.1, 0.15) is 5.69 Å². The molecule has 0 aliphatic carbocycles. The molecule has 5 nitrogen and oxygen atoms in total. The number of halogens is 2. The lowest BCUT2D eigenvalue weighted by molar-refractivity contribution is -0.124. The van der Waals surface area contributed by atoms with Crippen molar-refractivity contribution < 1.29 is 14.3 Å². The summed E-state index contributed by atoms with van der Waals surface area (Å²) < 4.78 is 5.07. The van der Waals surface area contributed by atoms with E-state index in [4.69, 9.17) is 27.9 Å². The summed E-state index contributed by atoms with van der Waals surface area (Å²) in [6.45, 7) is 1.40. The third-order valence-corrected chi connectivity index (χ3v) is 4.45. The highest BCUT2D eigenvalue weighted by Gasteiger charge is 2.16. The molecule has 0 bridgehead atoms. The molecule has 2 N–H and O–H groups in total. The van der Waals surface area contributed by atoms with Crippen molar-refractivity contribution in [2.45, 2.75) is 13.0 Å². The molecule has 1 amide bonds. The molecule has 3 aromatic rings. The van der Waals surface area contributed by atoms with Gasteiger partial charge in [-0.05, 0) is 36.8 Å². The molecule has 1 unspecified atom stereocenters. The fourth-order valence-electron chi connectivity index (χ4n) is 2.61. The molecule has 3 rings (SSSR count). The molecular weight excluding hydrogens is 375 g/mol. The van der Waals surface area contributed by atoms with Crippen LogP contribution in [0.3, 0.4) is 0 Å². The monoisotopic (exact) mass is 390 g/mol. The summed E-state index contributed by atoms with van der Waals surface area (Å²) in [6, 6.07) is 13.9. The average Bonchev–Trinajstić information content (AvgIpc) is 3.03. The lowest BCUT2D eigenvalue weighted by Crippen LogP contribution is -2.31. The number of fused-ring (bicyclic) bond motifs is 1. The van der Waals surface area contributed by atoms with E-state index >= 15 is 0 Å². The third kappa shape index (κ3) is 4.18. The van der Waals surface area contributed by atoms with Gasteiger partial charge in [0.05, 0.1) is 6.04 Å². The zero-order valence-corrected chi connectivity index (χ0v) is 15.4. The first-order chi connectivity index (χ1) is 12.4. The van der Waals surface area contributed by atoms with E-state index in [-0.39, 0.29) is 12.6 Å². The Balaban J connectivity index is 1.57. The van der Waals surface area contributed by atoms with Crippen LogP contribution in [0.15, 0.2) is 48.5 Å². The number of carbonyl (C=O) groups excluding carboxylic acids is 2. The van der Waals surface area contributed by atoms with E-state index in [1.54, 1.807) is 31.2 Å². The number of benzene rings is 2. The predicted molar refractivity (Wildman–Crippen MR) is 102 cm³/mol. The van der Waals surface area contributed by atoms with Crippen LogP contribution in [0.1, 0.15) is 29.0 Å². The molecule has 0 aliphatic heterocycles. The number of para-hydroxylation sites is 1. The maximum absolute atomic E-state index is 12.1. The largest absolute Gasteiger partial charge is 0.451 e. The summed E-state index contributed by atoms with van der Waals surface area (Å²) in [6.07, 6.45) is 0. The van der Waals surface area contributed by atoms with E-state index in [9.17, 15) is 9.59 Å². The van der Waals surface area contributed by atoms with Crippen LogP contribution in [0.2, 0.25) is 10.0 Å². The Morgan fingerprint density at radius 2 is 1.92 bits per heavy atom. The molecule has 0 saturated heterocycles. The van der Waals surface area contributed by atoms with Gasteiger partial charge in [-0.2, -0.15) is 0 Å². The molecule has 2 aromatic carbocycles. The highest BCUT2D eigenvalue weighted by molar-refractivity contribution is 6.35. The number of aromatic amines is 1. The number of amides is 1. The van der Waals surface area contributed by atoms with Crippen molar-refractivity contribution in [2.75, 3.05) is 6.61 Å². The molecule has 7 heteroatoms. The standard InChI is InChI=1S/C19H16Cl2N2O3/c1-11(14-7-6-13(20)9-15(14)21)22-18(24)10-26-19(25)17-8-12-4-2-3-5-16(12)23-17/h2-9,11,23H,10H2,1H3,(H,22,24). The Morgan fingerprint density at radius 1 is 1.15 bits per heavy atom. The van der Waals surface area contributed by atoms with E-state index in [0.29, 0.717) is 15.7 Å². The molecular formula is C19H16Cl2N2O3. The number of ether oxygens (including phenoxy) is 1. The molecule has 1 aromatic heterocycles. The van der Waals surface area contributed by atoms with E-state index in [2.05, 4.69) is 10.3 Å². The van der Waals surface area contributed by atoms with Crippen molar-refractivity contribution in [1.29, 1.82) is 0 Å². The number of rotatable bonds is 5. The van der Waals surface area contributed by atoms with E-state index in [1.807, 2.05) is 24.3 Å². The van der Waals surface area contributed by atoms with Crippen LogP contribution < -0.4 is 5.32 Å². The number of carbonyl (C=O) groups is 2. The molecule has 0 saturated carbocycles. The highest BCUT2D eigenvalue weighted by atomic mass is 35.5. The van der Waals surface area contributed by atoms with Crippen molar-refractivity contribution in [3.8, 4) is 0 Å². The second-order valence-electron chi connectivity index (χ2n) is 5.80. The van der Waals surface area contributed by atoms with Crippen LogP contribution in [0.25, 0.3) is 10.9 Å². The highest BCUT2D eigenvalue weighted by Crippen LogP contribution is 2.26. The summed E-state index contributed by atoms with van der Waals surface area (Å²) in [7, 11) is 0. The van der Waals surface area contributed by atoms with Crippen molar-refractivity contribution in [3.63, 3.8) is 0 Å². The lowest BCUT2D eigenvalue weighted by atomic mass is 10.1. The van der Waals surface area contributed by atoms with Crippen LogP contribution in [-0.2, 0) is 9.53 Å². The minimum absolute atomic E-state index is 0.299. The van der Waals surface area contributed by atoms with Gasteiger partial charge in [-0.3, -0.25) is 4.79 Å². The smallest absolute Gasteiger partial charge is 0.355 e. The van der Waals surface area contributed by atoms with Gasteiger partial charge in [0.2, 0.25) is 0 Å². The Kier molecular flexibility index (Phi) is 5.49. The summed E-state index contributed by atoms with van der Waals surface area (Å²) in [5.74, 6) is -1.01. The average molecular weight is 391 g/mol. The molecule has 134 valence electrons. The molecule has 0 fully saturated rings. The number of nitrogens with one attached hydrogen (secondary N) is 2. The second kappa shape index (κ2) is 7.81. The van der Waals surface area contributed by atoms with E-state index in [0.717, 1.165) is 16.5 Å². The molecule has 0 radical (unpaired) electrons. The van der Waals surface area contributed by atoms with Crippen LogP contribution in [-0.4, -0.2) is 23.5 Å². The van der Waals surface area contributed by atoms with Crippen LogP contribution in [0.5, 0.6) is 0 Å². The van der Waals surface area contributed by atoms with Crippen molar-refractivity contribution in [1.82, 2.24) is 10.3 Å². The topological polar surface area (TPSA) is 71.2 Å². The van der Waals surface area contributed by atoms with Gasteiger partial charge < -0.3 is 15.0 Å². The van der Waals surface area contributed by atoms with Crippen LogP contribution in [0, 0.1) is 0 Å². The zero-order chi connectivity index (χ0) is 18.7. The first-order valence-corrected chi connectivity index (χ1v) is 8.69. The Hall–Kier alpha value is -2.50. The van der Waals surface area contributed by atoms with Gasteiger partial charge in [-0.15, -0.1) is 0 Å². The molecule has 0 spiro atoms. The van der Waals surface area contributed by atoms with Gasteiger partial charge in [0.25, 0.3) is 5.91 Å².